The van der Waals surface area contributed by atoms with Crippen molar-refractivity contribution in [2.24, 2.45) is 0 Å². The third-order valence-electron chi connectivity index (χ3n) is 2.86. The van der Waals surface area contributed by atoms with Crippen LogP contribution in [0, 0.1) is 5.82 Å². The summed E-state index contributed by atoms with van der Waals surface area (Å²) >= 11 is 0. The van der Waals surface area contributed by atoms with Gasteiger partial charge in [0.05, 0.1) is 5.69 Å². The number of hydrogen-bond donors (Lipinski definition) is 2. The predicted molar refractivity (Wildman–Crippen MR) is 73.3 cm³/mol. The van der Waals surface area contributed by atoms with Gasteiger partial charge in [0.2, 0.25) is 5.91 Å². The zero-order valence-electron chi connectivity index (χ0n) is 12.5. The number of amides is 2. The molecule has 0 bridgehead atoms. The van der Waals surface area contributed by atoms with Crippen molar-refractivity contribution < 1.29 is 31.9 Å². The summed E-state index contributed by atoms with van der Waals surface area (Å²) in [6, 6.07) is 2.99. The minimum absolute atomic E-state index is 0.0160. The third kappa shape index (κ3) is 4.76. The molecular weight excluding hydrogens is 320 g/mol. The molecule has 5 nitrogen and oxygen atoms in total. The van der Waals surface area contributed by atoms with E-state index in [-0.39, 0.29) is 11.3 Å². The molecule has 126 valence electrons. The fourth-order valence-corrected chi connectivity index (χ4v) is 1.62. The normalized spacial score (nSPS) is 11.8. The van der Waals surface area contributed by atoms with Crippen molar-refractivity contribution in [3.8, 4) is 0 Å². The van der Waals surface area contributed by atoms with E-state index in [4.69, 9.17) is 0 Å². The first-order valence-electron chi connectivity index (χ1n) is 6.36. The molecule has 0 fully saturated rings. The average molecular weight is 334 g/mol. The summed E-state index contributed by atoms with van der Waals surface area (Å²) < 4.78 is 50.0. The van der Waals surface area contributed by atoms with Crippen LogP contribution < -0.4 is 10.6 Å². The number of carbonyl (C=O) groups excluding carboxylic acids is 3. The van der Waals surface area contributed by atoms with Gasteiger partial charge in [0.1, 0.15) is 11.4 Å². The van der Waals surface area contributed by atoms with E-state index in [0.717, 1.165) is 32.0 Å². The lowest BCUT2D eigenvalue weighted by molar-refractivity contribution is -0.175. The standard InChI is InChI=1S/C14H14F4N2O3/c1-7(21)9-5-4-8(15)6-10(9)19-11(22)13(2,3)20-12(23)14(16,17)18/h4-6H,1-3H3,(H,19,22)(H,20,23). The number of anilines is 1. The molecule has 0 aliphatic rings. The van der Waals surface area contributed by atoms with Crippen LogP contribution in [0.4, 0.5) is 23.2 Å². The second-order valence-corrected chi connectivity index (χ2v) is 5.28. The van der Waals surface area contributed by atoms with E-state index >= 15 is 0 Å². The molecule has 0 heterocycles. The second-order valence-electron chi connectivity index (χ2n) is 5.28. The molecule has 0 atom stereocenters. The van der Waals surface area contributed by atoms with Gasteiger partial charge in [0.25, 0.3) is 0 Å². The summed E-state index contributed by atoms with van der Waals surface area (Å²) in [6.07, 6.45) is -5.15. The number of halogens is 4. The van der Waals surface area contributed by atoms with Gasteiger partial charge in [-0.2, -0.15) is 13.2 Å². The van der Waals surface area contributed by atoms with Crippen LogP contribution in [0.5, 0.6) is 0 Å². The van der Waals surface area contributed by atoms with E-state index in [1.165, 1.54) is 12.2 Å². The molecule has 1 aromatic carbocycles. The number of carbonyl (C=O) groups is 3. The van der Waals surface area contributed by atoms with E-state index in [2.05, 4.69) is 5.32 Å². The highest BCUT2D eigenvalue weighted by molar-refractivity contribution is 6.06. The maximum Gasteiger partial charge on any atom is 0.471 e. The van der Waals surface area contributed by atoms with Crippen molar-refractivity contribution in [1.82, 2.24) is 5.32 Å². The Bertz CT molecular complexity index is 654. The minimum atomic E-state index is -5.15. The van der Waals surface area contributed by atoms with Gasteiger partial charge in [-0.3, -0.25) is 14.4 Å². The van der Waals surface area contributed by atoms with Crippen molar-refractivity contribution in [2.75, 3.05) is 5.32 Å². The highest BCUT2D eigenvalue weighted by Crippen LogP contribution is 2.21. The first-order valence-corrected chi connectivity index (χ1v) is 6.36. The maximum atomic E-state index is 13.2. The van der Waals surface area contributed by atoms with Crippen molar-refractivity contribution in [2.45, 2.75) is 32.5 Å². The summed E-state index contributed by atoms with van der Waals surface area (Å²) in [5, 5.41) is 3.67. The van der Waals surface area contributed by atoms with Gasteiger partial charge in [0, 0.05) is 5.56 Å². The van der Waals surface area contributed by atoms with Crippen LogP contribution in [0.25, 0.3) is 0 Å². The van der Waals surface area contributed by atoms with Crippen molar-refractivity contribution >= 4 is 23.3 Å². The Morgan fingerprint density at radius 1 is 1.04 bits per heavy atom. The van der Waals surface area contributed by atoms with Crippen LogP contribution in [0.1, 0.15) is 31.1 Å². The molecule has 0 aromatic heterocycles. The average Bonchev–Trinajstić information content (AvgIpc) is 2.36. The van der Waals surface area contributed by atoms with Crippen molar-refractivity contribution in [3.63, 3.8) is 0 Å². The number of ketones is 1. The van der Waals surface area contributed by atoms with E-state index in [0.29, 0.717) is 0 Å². The molecule has 1 aromatic rings. The first-order chi connectivity index (χ1) is 10.3. The zero-order chi connectivity index (χ0) is 18.0. The lowest BCUT2D eigenvalue weighted by atomic mass is 10.0. The molecule has 2 amide bonds. The molecule has 0 unspecified atom stereocenters. The zero-order valence-corrected chi connectivity index (χ0v) is 12.5. The number of Topliss-reactive ketones (excluding diaryl/α,β-unsaturated/α-hetero) is 1. The minimum Gasteiger partial charge on any atom is -0.334 e. The monoisotopic (exact) mass is 334 g/mol. The Kier molecular flexibility index (Phi) is 5.13. The summed E-state index contributed by atoms with van der Waals surface area (Å²) in [4.78, 5) is 34.4. The summed E-state index contributed by atoms with van der Waals surface area (Å²) in [7, 11) is 0. The second kappa shape index (κ2) is 6.35. The van der Waals surface area contributed by atoms with Gasteiger partial charge in [-0.05, 0) is 39.0 Å². The Labute approximate surface area is 129 Å². The van der Waals surface area contributed by atoms with Crippen LogP contribution in [-0.2, 0) is 9.59 Å². The smallest absolute Gasteiger partial charge is 0.334 e. The molecule has 0 aliphatic carbocycles. The number of rotatable bonds is 4. The summed E-state index contributed by atoms with van der Waals surface area (Å²) in [6.45, 7) is 3.26. The number of benzene rings is 1. The van der Waals surface area contributed by atoms with Gasteiger partial charge >= 0.3 is 12.1 Å². The van der Waals surface area contributed by atoms with Crippen LogP contribution in [0.2, 0.25) is 0 Å². The molecule has 23 heavy (non-hydrogen) atoms. The van der Waals surface area contributed by atoms with Gasteiger partial charge in [0.15, 0.2) is 5.78 Å². The van der Waals surface area contributed by atoms with Gasteiger partial charge < -0.3 is 10.6 Å². The van der Waals surface area contributed by atoms with E-state index in [9.17, 15) is 31.9 Å². The molecule has 0 spiro atoms. The Hall–Kier alpha value is -2.45. The largest absolute Gasteiger partial charge is 0.471 e. The molecule has 0 aliphatic heterocycles. The molecular formula is C14H14F4N2O3. The highest BCUT2D eigenvalue weighted by atomic mass is 19.4. The Balaban J connectivity index is 3.01. The summed E-state index contributed by atoms with van der Waals surface area (Å²) in [5.41, 5.74) is -2.15. The van der Waals surface area contributed by atoms with Gasteiger partial charge in [-0.15, -0.1) is 0 Å². The van der Waals surface area contributed by atoms with E-state index in [1.807, 2.05) is 0 Å². The maximum absolute atomic E-state index is 13.2. The van der Waals surface area contributed by atoms with Gasteiger partial charge in [-0.1, -0.05) is 0 Å². The SMILES string of the molecule is CC(=O)c1ccc(F)cc1NC(=O)C(C)(C)NC(=O)C(F)(F)F. The van der Waals surface area contributed by atoms with Crippen molar-refractivity contribution in [3.05, 3.63) is 29.6 Å². The molecule has 0 saturated heterocycles. The lowest BCUT2D eigenvalue weighted by Crippen LogP contribution is -2.55. The van der Waals surface area contributed by atoms with E-state index < -0.39 is 35.1 Å². The van der Waals surface area contributed by atoms with Crippen molar-refractivity contribution in [1.29, 1.82) is 0 Å². The highest BCUT2D eigenvalue weighted by Gasteiger charge is 2.43. The summed E-state index contributed by atoms with van der Waals surface area (Å²) in [5.74, 6) is -4.55. The molecule has 9 heteroatoms. The topological polar surface area (TPSA) is 75.3 Å². The van der Waals surface area contributed by atoms with Crippen LogP contribution in [-0.4, -0.2) is 29.3 Å². The first kappa shape index (κ1) is 18.6. The number of alkyl halides is 3. The van der Waals surface area contributed by atoms with Crippen LogP contribution in [0.15, 0.2) is 18.2 Å². The number of hydrogen-bond acceptors (Lipinski definition) is 3. The lowest BCUT2D eigenvalue weighted by Gasteiger charge is -2.26. The molecule has 0 radical (unpaired) electrons. The Morgan fingerprint density at radius 3 is 2.09 bits per heavy atom. The van der Waals surface area contributed by atoms with Crippen LogP contribution >= 0.6 is 0 Å². The molecule has 0 saturated carbocycles. The van der Waals surface area contributed by atoms with E-state index in [1.54, 1.807) is 0 Å². The number of nitrogens with one attached hydrogen (secondary N) is 2. The predicted octanol–water partition coefficient (Wildman–Crippen LogP) is 2.42. The quantitative estimate of drug-likeness (QED) is 0.656. The third-order valence-corrected chi connectivity index (χ3v) is 2.86. The van der Waals surface area contributed by atoms with Gasteiger partial charge in [-0.25, -0.2) is 4.39 Å². The van der Waals surface area contributed by atoms with Crippen LogP contribution in [0.3, 0.4) is 0 Å². The Morgan fingerprint density at radius 2 is 1.61 bits per heavy atom. The molecule has 1 rings (SSSR count). The fraction of sp³-hybridized carbons (Fsp3) is 0.357. The fourth-order valence-electron chi connectivity index (χ4n) is 1.62. The molecule has 2 N–H and O–H groups in total.